The van der Waals surface area contributed by atoms with Crippen molar-refractivity contribution in [3.05, 3.63) is 71.8 Å². The molecule has 0 aliphatic carbocycles. The van der Waals surface area contributed by atoms with Crippen LogP contribution in [0.5, 0.6) is 17.2 Å². The van der Waals surface area contributed by atoms with E-state index in [4.69, 9.17) is 18.9 Å². The van der Waals surface area contributed by atoms with Crippen LogP contribution < -0.4 is 24.8 Å². The molecule has 0 radical (unpaired) electrons. The summed E-state index contributed by atoms with van der Waals surface area (Å²) in [7, 11) is -2.27. The fourth-order valence-corrected chi connectivity index (χ4v) is 7.16. The number of aryl methyl sites for hydroxylation is 1. The molecule has 4 atom stereocenters. The molecule has 0 spiro atoms. The Balaban J connectivity index is 1.39. The molecule has 0 aromatic heterocycles. The smallest absolute Gasteiger partial charge is 0.323 e. The highest BCUT2D eigenvalue weighted by Gasteiger charge is 2.32. The van der Waals surface area contributed by atoms with Gasteiger partial charge in [-0.1, -0.05) is 24.6 Å². The lowest BCUT2D eigenvalue weighted by Crippen LogP contribution is -2.48. The van der Waals surface area contributed by atoms with E-state index in [1.54, 1.807) is 72.5 Å². The normalized spacial score (nSPS) is 20.6. The molecule has 3 amide bonds. The fraction of sp³-hybridized carbons (Fsp3) is 0.459. The van der Waals surface area contributed by atoms with E-state index in [0.29, 0.717) is 41.7 Å². The van der Waals surface area contributed by atoms with Crippen molar-refractivity contribution in [1.29, 1.82) is 0 Å². The monoisotopic (exact) mass is 724 g/mol. The number of ether oxygens (including phenoxy) is 4. The number of hydrogen-bond donors (Lipinski definition) is 3. The molecule has 51 heavy (non-hydrogen) atoms. The standard InChI is InChI=1S/C37H48N4O9S/c1-24-9-13-30(14-10-24)51(45,46)40(5)21-35-25(2)20-41(26(3)22-42)36(43)31-18-28(11-15-32(31)50-27(4)8-6-7-17-47-35)38-37(44)39-29-12-16-33-34(19-29)49-23-48-33/h9-16,18-19,25-27,35,42H,6-8,17,20-23H2,1-5H3,(H2,38,39,44)/t25-,26+,27-,35+/m0/s1. The lowest BCUT2D eigenvalue weighted by atomic mass is 10.0. The van der Waals surface area contributed by atoms with Crippen LogP contribution in [-0.4, -0.2) is 93.1 Å². The first-order valence-corrected chi connectivity index (χ1v) is 18.6. The molecule has 3 N–H and O–H groups in total. The summed E-state index contributed by atoms with van der Waals surface area (Å²) in [5.74, 6) is 0.717. The molecule has 0 saturated heterocycles. The number of aliphatic hydroxyl groups is 1. The number of anilines is 2. The summed E-state index contributed by atoms with van der Waals surface area (Å²) in [5, 5.41) is 15.8. The summed E-state index contributed by atoms with van der Waals surface area (Å²) in [6.07, 6.45) is 1.41. The Bertz CT molecular complexity index is 1790. The Morgan fingerprint density at radius 2 is 1.65 bits per heavy atom. The van der Waals surface area contributed by atoms with Gasteiger partial charge in [-0.2, -0.15) is 4.31 Å². The van der Waals surface area contributed by atoms with E-state index in [0.717, 1.165) is 18.4 Å². The van der Waals surface area contributed by atoms with E-state index in [1.807, 2.05) is 20.8 Å². The van der Waals surface area contributed by atoms with Gasteiger partial charge in [-0.05, 0) is 82.5 Å². The van der Waals surface area contributed by atoms with Gasteiger partial charge in [0.25, 0.3) is 5.91 Å². The van der Waals surface area contributed by atoms with Crippen LogP contribution in [0.2, 0.25) is 0 Å². The zero-order valence-electron chi connectivity index (χ0n) is 29.8. The number of rotatable bonds is 8. The average Bonchev–Trinajstić information content (AvgIpc) is 3.57. The van der Waals surface area contributed by atoms with Crippen molar-refractivity contribution in [1.82, 2.24) is 9.21 Å². The number of nitrogens with one attached hydrogen (secondary N) is 2. The summed E-state index contributed by atoms with van der Waals surface area (Å²) in [4.78, 5) is 29.2. The van der Waals surface area contributed by atoms with Gasteiger partial charge in [-0.25, -0.2) is 13.2 Å². The second-order valence-corrected chi connectivity index (χ2v) is 15.3. The predicted molar refractivity (Wildman–Crippen MR) is 193 cm³/mol. The minimum Gasteiger partial charge on any atom is -0.490 e. The van der Waals surface area contributed by atoms with E-state index in [9.17, 15) is 23.1 Å². The van der Waals surface area contributed by atoms with Gasteiger partial charge in [-0.15, -0.1) is 0 Å². The molecule has 0 unspecified atom stereocenters. The Morgan fingerprint density at radius 1 is 0.980 bits per heavy atom. The van der Waals surface area contributed by atoms with Crippen LogP contribution in [0, 0.1) is 12.8 Å². The van der Waals surface area contributed by atoms with Gasteiger partial charge in [0.05, 0.1) is 35.3 Å². The van der Waals surface area contributed by atoms with Crippen LogP contribution in [0.15, 0.2) is 65.6 Å². The topological polar surface area (TPSA) is 156 Å². The zero-order valence-corrected chi connectivity index (χ0v) is 30.6. The third-order valence-corrected chi connectivity index (χ3v) is 10.9. The summed E-state index contributed by atoms with van der Waals surface area (Å²) in [6, 6.07) is 15.5. The fourth-order valence-electron chi connectivity index (χ4n) is 5.97. The first kappa shape index (κ1) is 37.9. The maximum absolute atomic E-state index is 14.4. The summed E-state index contributed by atoms with van der Waals surface area (Å²) < 4.78 is 51.6. The van der Waals surface area contributed by atoms with Crippen LogP contribution in [-0.2, 0) is 14.8 Å². The Kier molecular flexibility index (Phi) is 12.5. The molecule has 2 heterocycles. The molecular formula is C37H48N4O9S. The van der Waals surface area contributed by atoms with Gasteiger partial charge < -0.3 is 39.6 Å². The molecule has 13 nitrogen and oxygen atoms in total. The quantitative estimate of drug-likeness (QED) is 0.274. The van der Waals surface area contributed by atoms with Gasteiger partial charge in [0.1, 0.15) is 5.75 Å². The van der Waals surface area contributed by atoms with Crippen molar-refractivity contribution >= 4 is 33.3 Å². The number of urea groups is 1. The Labute approximate surface area is 299 Å². The van der Waals surface area contributed by atoms with E-state index >= 15 is 0 Å². The van der Waals surface area contributed by atoms with Crippen molar-refractivity contribution in [3.8, 4) is 17.2 Å². The third-order valence-electron chi connectivity index (χ3n) is 9.11. The molecule has 2 aliphatic rings. The van der Waals surface area contributed by atoms with Crippen molar-refractivity contribution < 1.29 is 42.1 Å². The molecule has 0 bridgehead atoms. The molecule has 276 valence electrons. The van der Waals surface area contributed by atoms with Crippen LogP contribution in [0.4, 0.5) is 16.2 Å². The van der Waals surface area contributed by atoms with E-state index in [1.165, 1.54) is 11.4 Å². The number of likely N-dealkylation sites (N-methyl/N-ethyl adjacent to an activating group) is 1. The molecule has 3 aromatic carbocycles. The number of carbonyl (C=O) groups is 2. The second kappa shape index (κ2) is 16.8. The van der Waals surface area contributed by atoms with Gasteiger partial charge >= 0.3 is 6.03 Å². The molecule has 5 rings (SSSR count). The minimum atomic E-state index is -3.80. The van der Waals surface area contributed by atoms with E-state index in [-0.39, 0.29) is 49.0 Å². The maximum Gasteiger partial charge on any atom is 0.323 e. The van der Waals surface area contributed by atoms with Crippen LogP contribution >= 0.6 is 0 Å². The van der Waals surface area contributed by atoms with Crippen LogP contribution in [0.1, 0.15) is 56.0 Å². The van der Waals surface area contributed by atoms with Crippen molar-refractivity contribution in [2.45, 2.75) is 70.1 Å². The van der Waals surface area contributed by atoms with Crippen molar-refractivity contribution in [2.75, 3.05) is 50.8 Å². The highest BCUT2D eigenvalue weighted by Crippen LogP contribution is 2.34. The number of sulfonamides is 1. The Hall–Kier alpha value is -4.37. The van der Waals surface area contributed by atoms with E-state index < -0.39 is 34.1 Å². The van der Waals surface area contributed by atoms with Crippen molar-refractivity contribution in [3.63, 3.8) is 0 Å². The number of aliphatic hydroxyl groups excluding tert-OH is 1. The first-order chi connectivity index (χ1) is 24.3. The van der Waals surface area contributed by atoms with Gasteiger partial charge in [0.15, 0.2) is 11.5 Å². The highest BCUT2D eigenvalue weighted by molar-refractivity contribution is 7.89. The number of carbonyl (C=O) groups excluding carboxylic acids is 2. The summed E-state index contributed by atoms with van der Waals surface area (Å²) in [6.45, 7) is 7.89. The SMILES string of the molecule is Cc1ccc(S(=O)(=O)N(C)C[C@H]2OCCCC[C@H](C)Oc3ccc(NC(=O)Nc4ccc5c(c4)OCO5)cc3C(=O)N([C@H](C)CO)C[C@@H]2C)cc1. The lowest BCUT2D eigenvalue weighted by molar-refractivity contribution is -0.00834. The Morgan fingerprint density at radius 3 is 2.35 bits per heavy atom. The average molecular weight is 725 g/mol. The van der Waals surface area contributed by atoms with Gasteiger partial charge in [0, 0.05) is 50.1 Å². The summed E-state index contributed by atoms with van der Waals surface area (Å²) >= 11 is 0. The number of fused-ring (bicyclic) bond motifs is 2. The predicted octanol–water partition coefficient (Wildman–Crippen LogP) is 5.48. The molecule has 0 saturated carbocycles. The van der Waals surface area contributed by atoms with E-state index in [2.05, 4.69) is 10.6 Å². The number of amides is 3. The molecular weight excluding hydrogens is 676 g/mol. The molecule has 3 aromatic rings. The van der Waals surface area contributed by atoms with Crippen LogP contribution in [0.25, 0.3) is 0 Å². The molecule has 0 fully saturated rings. The summed E-state index contributed by atoms with van der Waals surface area (Å²) in [5.41, 5.74) is 2.01. The number of hydrogen-bond acceptors (Lipinski definition) is 9. The maximum atomic E-state index is 14.4. The number of benzene rings is 3. The third kappa shape index (κ3) is 9.50. The van der Waals surface area contributed by atoms with Gasteiger partial charge in [0.2, 0.25) is 16.8 Å². The van der Waals surface area contributed by atoms with Crippen molar-refractivity contribution in [2.24, 2.45) is 5.92 Å². The highest BCUT2D eigenvalue weighted by atomic mass is 32.2. The zero-order chi connectivity index (χ0) is 36.7. The largest absolute Gasteiger partial charge is 0.490 e. The molecule has 14 heteroatoms. The van der Waals surface area contributed by atoms with Gasteiger partial charge in [-0.3, -0.25) is 4.79 Å². The second-order valence-electron chi connectivity index (χ2n) is 13.3. The van der Waals surface area contributed by atoms with Crippen LogP contribution in [0.3, 0.4) is 0 Å². The number of nitrogens with zero attached hydrogens (tertiary/aromatic N) is 2. The molecule has 2 aliphatic heterocycles. The first-order valence-electron chi connectivity index (χ1n) is 17.2. The lowest BCUT2D eigenvalue weighted by Gasteiger charge is -2.35. The minimum absolute atomic E-state index is 0.0650.